The van der Waals surface area contributed by atoms with Crippen LogP contribution in [0, 0.1) is 15.9 Å². The minimum absolute atomic E-state index is 0.125. The van der Waals surface area contributed by atoms with Gasteiger partial charge < -0.3 is 16.0 Å². The fourth-order valence-electron chi connectivity index (χ4n) is 4.07. The van der Waals surface area contributed by atoms with Crippen molar-refractivity contribution < 1.29 is 14.1 Å². The number of halogens is 3. The molecule has 1 aliphatic rings. The third-order valence-electron chi connectivity index (χ3n) is 6.12. The Hall–Kier alpha value is -2.42. The Morgan fingerprint density at radius 2 is 1.91 bits per heavy atom. The lowest BCUT2D eigenvalue weighted by atomic mass is 9.79. The van der Waals surface area contributed by atoms with Gasteiger partial charge in [-0.1, -0.05) is 49.0 Å². The van der Waals surface area contributed by atoms with Crippen LogP contribution in [0.1, 0.15) is 44.6 Å². The number of nitro groups is 1. The van der Waals surface area contributed by atoms with Crippen LogP contribution in [0.4, 0.5) is 20.6 Å². The molecule has 1 unspecified atom stereocenters. The van der Waals surface area contributed by atoms with Gasteiger partial charge in [0, 0.05) is 29.8 Å². The standard InChI is InChI=1S/C23H27Cl2FN4O3/c1-23(10-11-27-16-4-2-3-5-16,15-6-8-18(24)19(25)12-15)14-28-22(31)29-17-7-9-20(26)21(13-17)30(32)33/h6-9,12-13,16,27H,2-5,10-11,14H2,1H3,(H2,28,29,31). The average Bonchev–Trinajstić information content (AvgIpc) is 3.29. The maximum absolute atomic E-state index is 13.5. The Balaban J connectivity index is 1.68. The molecule has 1 saturated carbocycles. The number of nitrogens with zero attached hydrogens (tertiary/aromatic N) is 1. The summed E-state index contributed by atoms with van der Waals surface area (Å²) in [5.41, 5.74) is -0.0968. The zero-order chi connectivity index (χ0) is 24.0. The van der Waals surface area contributed by atoms with Gasteiger partial charge in [-0.3, -0.25) is 10.1 Å². The molecule has 178 valence electrons. The van der Waals surface area contributed by atoms with E-state index in [1.807, 2.05) is 19.1 Å². The molecule has 2 aromatic rings. The summed E-state index contributed by atoms with van der Waals surface area (Å²) in [4.78, 5) is 22.6. The lowest BCUT2D eigenvalue weighted by Crippen LogP contribution is -2.43. The average molecular weight is 497 g/mol. The van der Waals surface area contributed by atoms with E-state index in [-0.39, 0.29) is 12.2 Å². The summed E-state index contributed by atoms with van der Waals surface area (Å²) < 4.78 is 13.5. The molecule has 3 N–H and O–H groups in total. The summed E-state index contributed by atoms with van der Waals surface area (Å²) >= 11 is 12.3. The van der Waals surface area contributed by atoms with Crippen molar-refractivity contribution in [2.75, 3.05) is 18.4 Å². The number of carbonyl (C=O) groups is 1. The molecule has 33 heavy (non-hydrogen) atoms. The second-order valence-electron chi connectivity index (χ2n) is 8.61. The molecule has 1 aliphatic carbocycles. The molecule has 0 radical (unpaired) electrons. The number of nitrogens with one attached hydrogen (secondary N) is 3. The van der Waals surface area contributed by atoms with Crippen molar-refractivity contribution in [3.63, 3.8) is 0 Å². The molecule has 10 heteroatoms. The fourth-order valence-corrected chi connectivity index (χ4v) is 4.37. The highest BCUT2D eigenvalue weighted by molar-refractivity contribution is 6.42. The van der Waals surface area contributed by atoms with Crippen molar-refractivity contribution in [1.82, 2.24) is 10.6 Å². The van der Waals surface area contributed by atoms with Gasteiger partial charge in [0.1, 0.15) is 0 Å². The monoisotopic (exact) mass is 496 g/mol. The van der Waals surface area contributed by atoms with Crippen LogP contribution in [0.2, 0.25) is 10.0 Å². The number of anilines is 1. The highest BCUT2D eigenvalue weighted by atomic mass is 35.5. The molecule has 0 spiro atoms. The van der Waals surface area contributed by atoms with Gasteiger partial charge in [-0.2, -0.15) is 4.39 Å². The molecule has 3 rings (SSSR count). The van der Waals surface area contributed by atoms with Crippen LogP contribution in [-0.2, 0) is 5.41 Å². The number of carbonyl (C=O) groups excluding carboxylic acids is 1. The van der Waals surface area contributed by atoms with E-state index >= 15 is 0 Å². The number of nitro benzene ring substituents is 1. The van der Waals surface area contributed by atoms with Crippen LogP contribution in [0.15, 0.2) is 36.4 Å². The predicted molar refractivity (Wildman–Crippen MR) is 129 cm³/mol. The summed E-state index contributed by atoms with van der Waals surface area (Å²) in [7, 11) is 0. The lowest BCUT2D eigenvalue weighted by molar-refractivity contribution is -0.387. The molecule has 0 aliphatic heterocycles. The maximum atomic E-state index is 13.5. The number of hydrogen-bond donors (Lipinski definition) is 3. The summed E-state index contributed by atoms with van der Waals surface area (Å²) in [5.74, 6) is -0.965. The van der Waals surface area contributed by atoms with Gasteiger partial charge in [-0.05, 0) is 55.6 Å². The SMILES string of the molecule is CC(CCNC1CCCC1)(CNC(=O)Nc1ccc(F)c([N+](=O)[O-])c1)c1ccc(Cl)c(Cl)c1. The van der Waals surface area contributed by atoms with Gasteiger partial charge in [-0.15, -0.1) is 0 Å². The molecule has 1 fully saturated rings. The minimum Gasteiger partial charge on any atom is -0.337 e. The number of benzene rings is 2. The van der Waals surface area contributed by atoms with Crippen LogP contribution in [0.5, 0.6) is 0 Å². The molecule has 0 bridgehead atoms. The van der Waals surface area contributed by atoms with E-state index < -0.39 is 27.9 Å². The first-order chi connectivity index (χ1) is 15.7. The molecule has 7 nitrogen and oxygen atoms in total. The minimum atomic E-state index is -0.965. The molecule has 0 saturated heterocycles. The topological polar surface area (TPSA) is 96.3 Å². The zero-order valence-corrected chi connectivity index (χ0v) is 19.8. The lowest BCUT2D eigenvalue weighted by Gasteiger charge is -2.31. The maximum Gasteiger partial charge on any atom is 0.319 e. The van der Waals surface area contributed by atoms with Gasteiger partial charge in [0.05, 0.1) is 15.0 Å². The Morgan fingerprint density at radius 1 is 1.18 bits per heavy atom. The molecule has 2 aromatic carbocycles. The Morgan fingerprint density at radius 3 is 2.58 bits per heavy atom. The van der Waals surface area contributed by atoms with Crippen LogP contribution in [0.3, 0.4) is 0 Å². The van der Waals surface area contributed by atoms with Crippen molar-refractivity contribution in [2.45, 2.75) is 50.5 Å². The molecule has 2 amide bonds. The van der Waals surface area contributed by atoms with Crippen LogP contribution in [0.25, 0.3) is 0 Å². The largest absolute Gasteiger partial charge is 0.337 e. The second kappa shape index (κ2) is 11.1. The first-order valence-corrected chi connectivity index (χ1v) is 11.6. The normalized spacial score (nSPS) is 15.8. The van der Waals surface area contributed by atoms with Crippen LogP contribution in [-0.4, -0.2) is 30.1 Å². The predicted octanol–water partition coefficient (Wildman–Crippen LogP) is 6.04. The fraction of sp³-hybridized carbons (Fsp3) is 0.435. The highest BCUT2D eigenvalue weighted by Gasteiger charge is 2.28. The van der Waals surface area contributed by atoms with Gasteiger partial charge in [-0.25, -0.2) is 4.79 Å². The zero-order valence-electron chi connectivity index (χ0n) is 18.3. The summed E-state index contributed by atoms with van der Waals surface area (Å²) in [6, 6.07) is 8.61. The second-order valence-corrected chi connectivity index (χ2v) is 9.42. The van der Waals surface area contributed by atoms with Gasteiger partial charge in [0.15, 0.2) is 0 Å². The van der Waals surface area contributed by atoms with Gasteiger partial charge >= 0.3 is 11.7 Å². The van der Waals surface area contributed by atoms with E-state index in [1.54, 1.807) is 6.07 Å². The molecule has 0 heterocycles. The van der Waals surface area contributed by atoms with Crippen LogP contribution < -0.4 is 16.0 Å². The number of hydrogen-bond acceptors (Lipinski definition) is 4. The molecule has 0 aromatic heterocycles. The first-order valence-electron chi connectivity index (χ1n) is 10.9. The number of amides is 2. The van der Waals surface area contributed by atoms with Crippen molar-refractivity contribution in [2.24, 2.45) is 0 Å². The van der Waals surface area contributed by atoms with E-state index in [0.29, 0.717) is 16.1 Å². The third kappa shape index (κ3) is 6.79. The Kier molecular flexibility index (Phi) is 8.51. The van der Waals surface area contributed by atoms with E-state index in [9.17, 15) is 19.3 Å². The van der Waals surface area contributed by atoms with E-state index in [4.69, 9.17) is 23.2 Å². The van der Waals surface area contributed by atoms with Crippen LogP contribution >= 0.6 is 23.2 Å². The highest BCUT2D eigenvalue weighted by Crippen LogP contribution is 2.32. The van der Waals surface area contributed by atoms with Gasteiger partial charge in [0.2, 0.25) is 5.82 Å². The van der Waals surface area contributed by atoms with Crippen molar-refractivity contribution in [3.8, 4) is 0 Å². The van der Waals surface area contributed by atoms with E-state index in [2.05, 4.69) is 16.0 Å². The van der Waals surface area contributed by atoms with Crippen molar-refractivity contribution in [1.29, 1.82) is 0 Å². The smallest absolute Gasteiger partial charge is 0.319 e. The first kappa shape index (κ1) is 25.2. The van der Waals surface area contributed by atoms with Gasteiger partial charge in [0.25, 0.3) is 0 Å². The molecule has 1 atom stereocenters. The van der Waals surface area contributed by atoms with E-state index in [1.165, 1.54) is 31.7 Å². The Bertz CT molecular complexity index is 1020. The van der Waals surface area contributed by atoms with Crippen molar-refractivity contribution in [3.05, 3.63) is 67.9 Å². The summed E-state index contributed by atoms with van der Waals surface area (Å²) in [6.45, 7) is 3.09. The molecular weight excluding hydrogens is 470 g/mol. The third-order valence-corrected chi connectivity index (χ3v) is 6.86. The summed E-state index contributed by atoms with van der Waals surface area (Å²) in [5, 5.41) is 20.8. The summed E-state index contributed by atoms with van der Waals surface area (Å²) in [6.07, 6.45) is 5.57. The number of rotatable bonds is 9. The van der Waals surface area contributed by atoms with E-state index in [0.717, 1.165) is 30.7 Å². The Labute approximate surface area is 202 Å². The quantitative estimate of drug-likeness (QED) is 0.291. The van der Waals surface area contributed by atoms with Crippen molar-refractivity contribution >= 4 is 40.6 Å². The number of urea groups is 1. The molecular formula is C23H27Cl2FN4O3.